The summed E-state index contributed by atoms with van der Waals surface area (Å²) in [6.07, 6.45) is 0.944. The number of benzene rings is 2. The Morgan fingerprint density at radius 3 is 2.59 bits per heavy atom. The van der Waals surface area contributed by atoms with Crippen LogP contribution in [-0.4, -0.2) is 4.98 Å². The maximum absolute atomic E-state index is 4.88. The van der Waals surface area contributed by atoms with Crippen LogP contribution in [0.15, 0.2) is 48.5 Å². The number of para-hydroxylation sites is 1. The Labute approximate surface area is 131 Å². The fourth-order valence-corrected chi connectivity index (χ4v) is 3.26. The maximum atomic E-state index is 4.88. The zero-order chi connectivity index (χ0) is 15.3. The minimum absolute atomic E-state index is 0.120. The summed E-state index contributed by atoms with van der Waals surface area (Å²) in [6, 6.07) is 17.2. The second kappa shape index (κ2) is 4.57. The summed E-state index contributed by atoms with van der Waals surface area (Å²) < 4.78 is 0. The number of aromatic nitrogens is 1. The smallest absolute Gasteiger partial charge is 0.134 e. The van der Waals surface area contributed by atoms with Crippen molar-refractivity contribution in [1.82, 2.24) is 4.98 Å². The van der Waals surface area contributed by atoms with E-state index in [1.165, 1.54) is 27.8 Å². The van der Waals surface area contributed by atoms with Crippen LogP contribution in [0.5, 0.6) is 0 Å². The van der Waals surface area contributed by atoms with Crippen molar-refractivity contribution in [2.75, 3.05) is 5.32 Å². The number of anilines is 2. The molecule has 2 heteroatoms. The Hall–Kier alpha value is -2.35. The second-order valence-corrected chi connectivity index (χ2v) is 7.08. The van der Waals surface area contributed by atoms with Crippen molar-refractivity contribution in [3.8, 4) is 0 Å². The van der Waals surface area contributed by atoms with Crippen LogP contribution in [0.2, 0.25) is 0 Å². The summed E-state index contributed by atoms with van der Waals surface area (Å²) in [5.41, 5.74) is 6.34. The molecule has 1 aliphatic rings. The van der Waals surface area contributed by atoms with Gasteiger partial charge in [0.05, 0.1) is 5.52 Å². The normalized spacial score (nSPS) is 13.4. The Balaban J connectivity index is 1.93. The van der Waals surface area contributed by atoms with E-state index in [1.54, 1.807) is 0 Å². The van der Waals surface area contributed by atoms with Crippen molar-refractivity contribution < 1.29 is 0 Å². The summed E-state index contributed by atoms with van der Waals surface area (Å²) in [5.74, 6) is 0.997. The summed E-state index contributed by atoms with van der Waals surface area (Å²) >= 11 is 0. The predicted octanol–water partition coefficient (Wildman–Crippen LogP) is 5.18. The van der Waals surface area contributed by atoms with Crippen LogP contribution in [0.4, 0.5) is 11.5 Å². The van der Waals surface area contributed by atoms with E-state index in [1.807, 2.05) is 0 Å². The molecule has 0 saturated carbocycles. The van der Waals surface area contributed by atoms with Crippen LogP contribution >= 0.6 is 0 Å². The number of hydrogen-bond acceptors (Lipinski definition) is 2. The highest BCUT2D eigenvalue weighted by atomic mass is 15.0. The van der Waals surface area contributed by atoms with Crippen LogP contribution in [0.1, 0.15) is 37.5 Å². The lowest BCUT2D eigenvalue weighted by atomic mass is 9.84. The molecule has 0 aliphatic carbocycles. The van der Waals surface area contributed by atoms with Crippen molar-refractivity contribution in [3.63, 3.8) is 0 Å². The summed E-state index contributed by atoms with van der Waals surface area (Å²) in [4.78, 5) is 4.88. The maximum Gasteiger partial charge on any atom is 0.134 e. The van der Waals surface area contributed by atoms with Crippen molar-refractivity contribution in [1.29, 1.82) is 0 Å². The Morgan fingerprint density at radius 1 is 0.955 bits per heavy atom. The molecule has 0 atom stereocenters. The van der Waals surface area contributed by atoms with Crippen molar-refractivity contribution >= 4 is 22.4 Å². The van der Waals surface area contributed by atoms with Gasteiger partial charge in [0.25, 0.3) is 0 Å². The van der Waals surface area contributed by atoms with Gasteiger partial charge < -0.3 is 5.32 Å². The molecule has 2 aromatic carbocycles. The predicted molar refractivity (Wildman–Crippen MR) is 93.0 cm³/mol. The van der Waals surface area contributed by atoms with E-state index < -0.39 is 0 Å². The van der Waals surface area contributed by atoms with Gasteiger partial charge in [-0.05, 0) is 40.3 Å². The van der Waals surface area contributed by atoms with E-state index >= 15 is 0 Å². The van der Waals surface area contributed by atoms with E-state index in [-0.39, 0.29) is 5.41 Å². The largest absolute Gasteiger partial charge is 0.340 e. The van der Waals surface area contributed by atoms with E-state index in [0.717, 1.165) is 17.8 Å². The van der Waals surface area contributed by atoms with Crippen molar-refractivity contribution in [2.45, 2.75) is 32.6 Å². The van der Waals surface area contributed by atoms with Gasteiger partial charge in [-0.3, -0.25) is 0 Å². The molecular formula is C20H20N2. The molecule has 22 heavy (non-hydrogen) atoms. The van der Waals surface area contributed by atoms with Gasteiger partial charge in [-0.15, -0.1) is 0 Å². The average Bonchev–Trinajstić information content (AvgIpc) is 2.49. The van der Waals surface area contributed by atoms with Gasteiger partial charge in [-0.1, -0.05) is 51.1 Å². The molecule has 0 spiro atoms. The number of nitrogens with one attached hydrogen (secondary N) is 1. The van der Waals surface area contributed by atoms with Gasteiger partial charge in [0.15, 0.2) is 0 Å². The fraction of sp³-hybridized carbons (Fsp3) is 0.250. The third-order valence-corrected chi connectivity index (χ3v) is 4.40. The average molecular weight is 288 g/mol. The summed E-state index contributed by atoms with van der Waals surface area (Å²) in [5, 5.41) is 4.75. The Kier molecular flexibility index (Phi) is 2.77. The molecule has 3 aromatic rings. The quantitative estimate of drug-likeness (QED) is 0.482. The molecule has 0 radical (unpaired) electrons. The first-order valence-electron chi connectivity index (χ1n) is 7.80. The van der Waals surface area contributed by atoms with Crippen molar-refractivity contribution in [2.24, 2.45) is 0 Å². The molecule has 4 rings (SSSR count). The zero-order valence-corrected chi connectivity index (χ0v) is 13.3. The molecular weight excluding hydrogens is 268 g/mol. The summed E-state index contributed by atoms with van der Waals surface area (Å²) in [6.45, 7) is 6.78. The zero-order valence-electron chi connectivity index (χ0n) is 13.3. The molecule has 2 nitrogen and oxygen atoms in total. The van der Waals surface area contributed by atoms with E-state index in [2.05, 4.69) is 74.6 Å². The monoisotopic (exact) mass is 288 g/mol. The first-order valence-corrected chi connectivity index (χ1v) is 7.80. The Morgan fingerprint density at radius 2 is 1.77 bits per heavy atom. The van der Waals surface area contributed by atoms with Gasteiger partial charge in [-0.25, -0.2) is 4.98 Å². The molecule has 110 valence electrons. The number of hydrogen-bond donors (Lipinski definition) is 1. The second-order valence-electron chi connectivity index (χ2n) is 7.08. The standard InChI is InChI=1S/C20H20N2/c1-20(2,3)16-8-6-10-18-15(16)12-14-11-13-7-4-5-9-17(13)21-19(14)22-18/h4-10,12H,11H2,1-3H3,(H,21,22). The topological polar surface area (TPSA) is 24.9 Å². The first-order chi connectivity index (χ1) is 10.5. The molecule has 1 aromatic heterocycles. The molecule has 1 aliphatic heterocycles. The first kappa shape index (κ1) is 13.3. The molecule has 1 N–H and O–H groups in total. The highest BCUT2D eigenvalue weighted by Gasteiger charge is 2.20. The minimum atomic E-state index is 0.120. The summed E-state index contributed by atoms with van der Waals surface area (Å²) in [7, 11) is 0. The highest BCUT2D eigenvalue weighted by molar-refractivity contribution is 5.87. The molecule has 2 heterocycles. The van der Waals surface area contributed by atoms with Gasteiger partial charge in [-0.2, -0.15) is 0 Å². The third-order valence-electron chi connectivity index (χ3n) is 4.40. The number of nitrogens with zero attached hydrogens (tertiary/aromatic N) is 1. The van der Waals surface area contributed by atoms with Crippen LogP contribution in [-0.2, 0) is 11.8 Å². The molecule has 0 amide bonds. The number of rotatable bonds is 0. The lowest BCUT2D eigenvalue weighted by Gasteiger charge is -2.24. The SMILES string of the molecule is CC(C)(C)c1cccc2nc3c(cc12)Cc1ccccc1N3. The van der Waals surface area contributed by atoms with Crippen molar-refractivity contribution in [3.05, 3.63) is 65.2 Å². The molecule has 0 fully saturated rings. The fourth-order valence-electron chi connectivity index (χ4n) is 3.26. The van der Waals surface area contributed by atoms with Crippen LogP contribution < -0.4 is 5.32 Å². The molecule has 0 bridgehead atoms. The number of pyridine rings is 1. The van der Waals surface area contributed by atoms with Crippen LogP contribution in [0.3, 0.4) is 0 Å². The van der Waals surface area contributed by atoms with Crippen LogP contribution in [0, 0.1) is 0 Å². The third kappa shape index (κ3) is 2.07. The Bertz CT molecular complexity index is 872. The van der Waals surface area contributed by atoms with E-state index in [4.69, 9.17) is 4.98 Å². The van der Waals surface area contributed by atoms with E-state index in [9.17, 15) is 0 Å². The van der Waals surface area contributed by atoms with E-state index in [0.29, 0.717) is 0 Å². The van der Waals surface area contributed by atoms with Gasteiger partial charge >= 0.3 is 0 Å². The van der Waals surface area contributed by atoms with Crippen LogP contribution in [0.25, 0.3) is 10.9 Å². The van der Waals surface area contributed by atoms with Gasteiger partial charge in [0.2, 0.25) is 0 Å². The minimum Gasteiger partial charge on any atom is -0.340 e. The highest BCUT2D eigenvalue weighted by Crippen LogP contribution is 2.36. The molecule has 0 unspecified atom stereocenters. The lowest BCUT2D eigenvalue weighted by Crippen LogP contribution is -2.13. The van der Waals surface area contributed by atoms with Gasteiger partial charge in [0.1, 0.15) is 5.82 Å². The van der Waals surface area contributed by atoms with Gasteiger partial charge in [0, 0.05) is 17.5 Å². The lowest BCUT2D eigenvalue weighted by molar-refractivity contribution is 0.596. The number of fused-ring (bicyclic) bond motifs is 3. The molecule has 0 saturated heterocycles.